The maximum atomic E-state index is 11.8. The zero-order valence-electron chi connectivity index (χ0n) is 10.1. The molecule has 3 heteroatoms. The molecule has 1 aliphatic carbocycles. The first-order valence-corrected chi connectivity index (χ1v) is 6.11. The van der Waals surface area contributed by atoms with Gasteiger partial charge in [0.2, 0.25) is 5.91 Å². The Morgan fingerprint density at radius 1 is 1.56 bits per heavy atom. The zero-order valence-corrected chi connectivity index (χ0v) is 10.1. The van der Waals surface area contributed by atoms with Crippen LogP contribution in [0.5, 0.6) is 0 Å². The van der Waals surface area contributed by atoms with E-state index >= 15 is 0 Å². The van der Waals surface area contributed by atoms with E-state index in [0.717, 1.165) is 32.1 Å². The molecule has 0 aromatic rings. The van der Waals surface area contributed by atoms with Crippen LogP contribution < -0.4 is 11.1 Å². The van der Waals surface area contributed by atoms with E-state index in [9.17, 15) is 4.79 Å². The molecule has 3 nitrogen and oxygen atoms in total. The first-order chi connectivity index (χ1) is 7.59. The topological polar surface area (TPSA) is 55.1 Å². The fourth-order valence-electron chi connectivity index (χ4n) is 2.29. The first kappa shape index (κ1) is 13.1. The van der Waals surface area contributed by atoms with Crippen molar-refractivity contribution in [2.45, 2.75) is 63.5 Å². The fraction of sp³-hybridized carbons (Fsp3) is 0.769. The third-order valence-electron chi connectivity index (χ3n) is 3.33. The molecular formula is C13H22N2O. The SMILES string of the molecule is C#CCC(CC)NC(=O)CC1(N)CCCC1. The highest BCUT2D eigenvalue weighted by Gasteiger charge is 2.31. The molecular weight excluding hydrogens is 200 g/mol. The second kappa shape index (κ2) is 5.91. The van der Waals surface area contributed by atoms with Crippen LogP contribution in [0.1, 0.15) is 51.9 Å². The van der Waals surface area contributed by atoms with Gasteiger partial charge in [0.25, 0.3) is 0 Å². The quantitative estimate of drug-likeness (QED) is 0.694. The minimum atomic E-state index is -0.265. The molecule has 0 aromatic heterocycles. The minimum Gasteiger partial charge on any atom is -0.352 e. The van der Waals surface area contributed by atoms with Gasteiger partial charge in [-0.25, -0.2) is 0 Å². The summed E-state index contributed by atoms with van der Waals surface area (Å²) in [6.45, 7) is 2.02. The normalized spacial score (nSPS) is 20.1. The summed E-state index contributed by atoms with van der Waals surface area (Å²) in [5.41, 5.74) is 5.88. The number of nitrogens with two attached hydrogens (primary N) is 1. The van der Waals surface area contributed by atoms with E-state index in [1.54, 1.807) is 0 Å². The number of carbonyl (C=O) groups is 1. The minimum absolute atomic E-state index is 0.0477. The summed E-state index contributed by atoms with van der Waals surface area (Å²) in [5, 5.41) is 2.96. The van der Waals surface area contributed by atoms with Crippen molar-refractivity contribution >= 4 is 5.91 Å². The predicted octanol–water partition coefficient (Wildman–Crippen LogP) is 1.57. The van der Waals surface area contributed by atoms with Gasteiger partial charge in [-0.2, -0.15) is 0 Å². The van der Waals surface area contributed by atoms with E-state index < -0.39 is 0 Å². The molecule has 1 unspecified atom stereocenters. The summed E-state index contributed by atoms with van der Waals surface area (Å²) in [7, 11) is 0. The first-order valence-electron chi connectivity index (χ1n) is 6.11. The van der Waals surface area contributed by atoms with Crippen LogP contribution in [0.15, 0.2) is 0 Å². The van der Waals surface area contributed by atoms with Gasteiger partial charge in [-0.15, -0.1) is 12.3 Å². The van der Waals surface area contributed by atoms with Crippen LogP contribution in [0.4, 0.5) is 0 Å². The van der Waals surface area contributed by atoms with Gasteiger partial charge in [0, 0.05) is 24.4 Å². The van der Waals surface area contributed by atoms with Crippen LogP contribution in [-0.2, 0) is 4.79 Å². The summed E-state index contributed by atoms with van der Waals surface area (Å²) in [5.74, 6) is 2.63. The molecule has 1 fully saturated rings. The fourth-order valence-corrected chi connectivity index (χ4v) is 2.29. The molecule has 0 radical (unpaired) electrons. The molecule has 0 saturated heterocycles. The lowest BCUT2D eigenvalue weighted by molar-refractivity contribution is -0.122. The van der Waals surface area contributed by atoms with Crippen molar-refractivity contribution in [3.8, 4) is 12.3 Å². The molecule has 1 aliphatic rings. The highest BCUT2D eigenvalue weighted by Crippen LogP contribution is 2.29. The molecule has 1 amide bonds. The Kier molecular flexibility index (Phi) is 4.82. The van der Waals surface area contributed by atoms with Crippen molar-refractivity contribution in [3.63, 3.8) is 0 Å². The van der Waals surface area contributed by atoms with Gasteiger partial charge in [0.1, 0.15) is 0 Å². The van der Waals surface area contributed by atoms with Gasteiger partial charge >= 0.3 is 0 Å². The highest BCUT2D eigenvalue weighted by molar-refractivity contribution is 5.77. The molecule has 0 heterocycles. The van der Waals surface area contributed by atoms with Crippen LogP contribution in [0.25, 0.3) is 0 Å². The second-order valence-electron chi connectivity index (χ2n) is 4.83. The van der Waals surface area contributed by atoms with Gasteiger partial charge in [-0.1, -0.05) is 19.8 Å². The standard InChI is InChI=1S/C13H22N2O/c1-3-7-11(4-2)15-12(16)10-13(14)8-5-6-9-13/h1,11H,4-10,14H2,2H3,(H,15,16). The Labute approximate surface area is 98.2 Å². The van der Waals surface area contributed by atoms with Gasteiger partial charge in [0.05, 0.1) is 0 Å². The van der Waals surface area contributed by atoms with E-state index in [4.69, 9.17) is 12.2 Å². The van der Waals surface area contributed by atoms with Crippen LogP contribution in [-0.4, -0.2) is 17.5 Å². The highest BCUT2D eigenvalue weighted by atomic mass is 16.1. The molecule has 0 spiro atoms. The average molecular weight is 222 g/mol. The maximum absolute atomic E-state index is 11.8. The number of terminal acetylenes is 1. The third kappa shape index (κ3) is 3.86. The maximum Gasteiger partial charge on any atom is 0.222 e. The van der Waals surface area contributed by atoms with E-state index in [2.05, 4.69) is 11.2 Å². The van der Waals surface area contributed by atoms with E-state index in [1.807, 2.05) is 6.92 Å². The predicted molar refractivity (Wildman–Crippen MR) is 65.7 cm³/mol. The Morgan fingerprint density at radius 2 is 2.19 bits per heavy atom. The number of rotatable bonds is 5. The van der Waals surface area contributed by atoms with Crippen molar-refractivity contribution in [1.29, 1.82) is 0 Å². The smallest absolute Gasteiger partial charge is 0.222 e. The summed E-state index contributed by atoms with van der Waals surface area (Å²) in [6, 6.07) is 0.0995. The molecule has 0 bridgehead atoms. The van der Waals surface area contributed by atoms with Gasteiger partial charge < -0.3 is 11.1 Å². The number of hydrogen-bond acceptors (Lipinski definition) is 2. The lowest BCUT2D eigenvalue weighted by Gasteiger charge is -2.24. The second-order valence-corrected chi connectivity index (χ2v) is 4.83. The molecule has 16 heavy (non-hydrogen) atoms. The van der Waals surface area contributed by atoms with Gasteiger partial charge in [0.15, 0.2) is 0 Å². The lowest BCUT2D eigenvalue weighted by atomic mass is 9.94. The third-order valence-corrected chi connectivity index (χ3v) is 3.33. The van der Waals surface area contributed by atoms with Crippen molar-refractivity contribution in [2.24, 2.45) is 5.73 Å². The summed E-state index contributed by atoms with van der Waals surface area (Å²) < 4.78 is 0. The Balaban J connectivity index is 2.37. The number of carbonyl (C=O) groups excluding carboxylic acids is 1. The monoisotopic (exact) mass is 222 g/mol. The Morgan fingerprint density at radius 3 is 2.69 bits per heavy atom. The van der Waals surface area contributed by atoms with Crippen LogP contribution >= 0.6 is 0 Å². The van der Waals surface area contributed by atoms with Gasteiger partial charge in [-0.05, 0) is 19.3 Å². The van der Waals surface area contributed by atoms with Crippen molar-refractivity contribution in [2.75, 3.05) is 0 Å². The largest absolute Gasteiger partial charge is 0.352 e. The van der Waals surface area contributed by atoms with Crippen molar-refractivity contribution in [1.82, 2.24) is 5.32 Å². The summed E-state index contributed by atoms with van der Waals surface area (Å²) in [4.78, 5) is 11.8. The average Bonchev–Trinajstić information content (AvgIpc) is 2.63. The number of amides is 1. The molecule has 3 N–H and O–H groups in total. The van der Waals surface area contributed by atoms with Crippen LogP contribution in [0, 0.1) is 12.3 Å². The Hall–Kier alpha value is -1.01. The Bertz CT molecular complexity index is 274. The summed E-state index contributed by atoms with van der Waals surface area (Å²) >= 11 is 0. The van der Waals surface area contributed by atoms with E-state index in [-0.39, 0.29) is 17.5 Å². The molecule has 0 aliphatic heterocycles. The van der Waals surface area contributed by atoms with Crippen LogP contribution in [0.2, 0.25) is 0 Å². The number of hydrogen-bond donors (Lipinski definition) is 2. The van der Waals surface area contributed by atoms with Crippen LogP contribution in [0.3, 0.4) is 0 Å². The van der Waals surface area contributed by atoms with Gasteiger partial charge in [-0.3, -0.25) is 4.79 Å². The lowest BCUT2D eigenvalue weighted by Crippen LogP contribution is -2.44. The van der Waals surface area contributed by atoms with E-state index in [0.29, 0.717) is 12.8 Å². The van der Waals surface area contributed by atoms with E-state index in [1.165, 1.54) is 0 Å². The number of nitrogens with one attached hydrogen (secondary N) is 1. The zero-order chi connectivity index (χ0) is 12.0. The molecule has 1 saturated carbocycles. The van der Waals surface area contributed by atoms with Crippen molar-refractivity contribution in [3.05, 3.63) is 0 Å². The molecule has 1 rings (SSSR count). The summed E-state index contributed by atoms with van der Waals surface area (Å²) in [6.07, 6.45) is 11.4. The molecule has 1 atom stereocenters. The molecule has 0 aromatic carbocycles. The van der Waals surface area contributed by atoms with Crippen molar-refractivity contribution < 1.29 is 4.79 Å². The molecule has 90 valence electrons.